The molecule has 5 aromatic carbocycles. The molecule has 107 heavy (non-hydrogen) atoms. The molecule has 26 heteroatoms. The Labute approximate surface area is 624 Å². The number of phenolic OH excluding ortho intramolecular Hbond substituents is 1. The van der Waals surface area contributed by atoms with Gasteiger partial charge in [-0.2, -0.15) is 0 Å². The van der Waals surface area contributed by atoms with Gasteiger partial charge in [-0.25, -0.2) is 0 Å². The third-order valence-corrected chi connectivity index (χ3v) is 17.4. The maximum absolute atomic E-state index is 13.1. The lowest BCUT2D eigenvalue weighted by molar-refractivity contribution is -0.142. The van der Waals surface area contributed by atoms with Crippen LogP contribution in [0.1, 0.15) is 171 Å². The van der Waals surface area contributed by atoms with Crippen molar-refractivity contribution >= 4 is 93.8 Å². The minimum absolute atomic E-state index is 0.000405. The summed E-state index contributed by atoms with van der Waals surface area (Å²) < 4.78 is 0. The van der Waals surface area contributed by atoms with Crippen LogP contribution in [0.3, 0.4) is 0 Å². The minimum Gasteiger partial charge on any atom is -0.508 e. The van der Waals surface area contributed by atoms with Crippen LogP contribution in [0.15, 0.2) is 146 Å². The molecular weight excluding hydrogens is 1380 g/mol. The molecule has 1 saturated heterocycles. The lowest BCUT2D eigenvalue weighted by Crippen LogP contribution is -2.54. The first-order chi connectivity index (χ1) is 50.6. The van der Waals surface area contributed by atoms with E-state index < -0.39 is 89.6 Å². The molecular formula is C81H102N6O20. The Morgan fingerprint density at radius 1 is 0.421 bits per heavy atom. The summed E-state index contributed by atoms with van der Waals surface area (Å²) in [5.74, 6) is -7.82. The number of carbonyl (C=O) groups is 16. The van der Waals surface area contributed by atoms with Gasteiger partial charge in [-0.05, 0) is 146 Å². The Kier molecular flexibility index (Phi) is 40.4. The fourth-order valence-corrected chi connectivity index (χ4v) is 11.2. The van der Waals surface area contributed by atoms with Gasteiger partial charge in [-0.15, -0.1) is 0 Å². The second kappa shape index (κ2) is 48.0. The first-order valence-electron chi connectivity index (χ1n) is 35.6. The Bertz CT molecular complexity index is 3800. The quantitative estimate of drug-likeness (QED) is 0.0180. The maximum atomic E-state index is 13.1. The largest absolute Gasteiger partial charge is 0.508 e. The molecule has 0 saturated carbocycles. The minimum atomic E-state index is -1.10. The predicted molar refractivity (Wildman–Crippen MR) is 397 cm³/mol. The van der Waals surface area contributed by atoms with E-state index in [1.807, 2.05) is 97.1 Å². The number of ketones is 7. The van der Waals surface area contributed by atoms with Crippen LogP contribution in [0, 0.1) is 17.8 Å². The maximum Gasteiger partial charge on any atom is 0.303 e. The van der Waals surface area contributed by atoms with E-state index in [2.05, 4.69) is 26.6 Å². The zero-order valence-electron chi connectivity index (χ0n) is 62.0. The van der Waals surface area contributed by atoms with Crippen LogP contribution in [0.5, 0.6) is 5.75 Å². The molecule has 26 nitrogen and oxygen atoms in total. The first kappa shape index (κ1) is 90.0. The van der Waals surface area contributed by atoms with E-state index in [1.165, 1.54) is 53.4 Å². The number of nitrogens with one attached hydrogen (secondary N) is 5. The average Bonchev–Trinajstić information content (AvgIpc) is 1.71. The molecule has 1 heterocycles. The number of hydrogen-bond acceptors (Lipinski definition) is 17. The van der Waals surface area contributed by atoms with Crippen molar-refractivity contribution in [2.75, 3.05) is 6.54 Å². The van der Waals surface area contributed by atoms with E-state index in [0.29, 0.717) is 57.1 Å². The Hall–Kier alpha value is -11.2. The number of carboxylic acids is 3. The number of carbonyl (C=O) groups excluding carboxylic acids is 13. The van der Waals surface area contributed by atoms with Crippen molar-refractivity contribution in [2.24, 2.45) is 17.8 Å². The van der Waals surface area contributed by atoms with Gasteiger partial charge in [0, 0.05) is 81.2 Å². The van der Waals surface area contributed by atoms with Crippen molar-refractivity contribution in [2.45, 2.75) is 201 Å². The lowest BCUT2D eigenvalue weighted by Gasteiger charge is -2.28. The number of rotatable bonds is 40. The average molecular weight is 1480 g/mol. The zero-order chi connectivity index (χ0) is 79.7. The highest BCUT2D eigenvalue weighted by Gasteiger charge is 2.38. The molecule has 1 aliphatic heterocycles. The molecule has 0 bridgehead atoms. The molecule has 0 aromatic heterocycles. The SMILES string of the molecule is CC(=O)C(CC(=O)C1CCCN1C(=O)C(C)CC(=O)C(C)NC(=O)CCC(=O)O)Cc1ccccc1.CC(=O)C(Cc1ccccc1)NC(=O)C(C)NC(=O)C(C)NC(=O)CCCC(=O)O.CC(=O)[C@@H](CC(=O)CCCC(=O)O)Cc1ccccc1.CC(=O)[C@H](Cc1ccc(O)cc1)NC(=O)c1ccccc1. The fourth-order valence-electron chi connectivity index (χ4n) is 11.2. The van der Waals surface area contributed by atoms with E-state index in [0.717, 1.165) is 22.3 Å². The Morgan fingerprint density at radius 3 is 1.31 bits per heavy atom. The number of likely N-dealkylation sites (tertiary alicyclic amines) is 1. The van der Waals surface area contributed by atoms with Gasteiger partial charge in [0.1, 0.15) is 35.2 Å². The lowest BCUT2D eigenvalue weighted by atomic mass is 9.88. The van der Waals surface area contributed by atoms with Crippen LogP contribution in [-0.2, 0) is 97.6 Å². The molecule has 1 aliphatic rings. The zero-order valence-corrected chi connectivity index (χ0v) is 62.0. The second-order valence-electron chi connectivity index (χ2n) is 26.6. The number of nitrogens with zero attached hydrogens (tertiary/aromatic N) is 1. The van der Waals surface area contributed by atoms with Crippen LogP contribution >= 0.6 is 0 Å². The van der Waals surface area contributed by atoms with Gasteiger partial charge in [0.05, 0.1) is 30.6 Å². The van der Waals surface area contributed by atoms with E-state index in [4.69, 9.17) is 15.3 Å². The van der Waals surface area contributed by atoms with Crippen LogP contribution in [0.4, 0.5) is 0 Å². The van der Waals surface area contributed by atoms with E-state index in [-0.39, 0.29) is 128 Å². The molecule has 9 atom stereocenters. The van der Waals surface area contributed by atoms with Gasteiger partial charge >= 0.3 is 17.9 Å². The molecule has 7 unspecified atom stereocenters. The van der Waals surface area contributed by atoms with Gasteiger partial charge < -0.3 is 51.9 Å². The molecule has 0 aliphatic carbocycles. The van der Waals surface area contributed by atoms with E-state index in [1.54, 1.807) is 55.5 Å². The van der Waals surface area contributed by atoms with Gasteiger partial charge in [0.2, 0.25) is 29.5 Å². The summed E-state index contributed by atoms with van der Waals surface area (Å²) in [6.45, 7) is 12.3. The van der Waals surface area contributed by atoms with Crippen molar-refractivity contribution in [3.63, 3.8) is 0 Å². The first-order valence-corrected chi connectivity index (χ1v) is 35.6. The summed E-state index contributed by atoms with van der Waals surface area (Å²) in [4.78, 5) is 191. The molecule has 1 fully saturated rings. The number of aliphatic carboxylic acids is 3. The van der Waals surface area contributed by atoms with Crippen molar-refractivity contribution in [3.05, 3.63) is 173 Å². The van der Waals surface area contributed by atoms with Crippen molar-refractivity contribution in [1.29, 1.82) is 0 Å². The summed E-state index contributed by atoms with van der Waals surface area (Å²) in [6, 6.07) is 39.1. The highest BCUT2D eigenvalue weighted by atomic mass is 16.4. The number of aromatic hydroxyl groups is 1. The number of hydrogen-bond donors (Lipinski definition) is 9. The Morgan fingerprint density at radius 2 is 0.832 bits per heavy atom. The summed E-state index contributed by atoms with van der Waals surface area (Å²) in [5, 5.41) is 47.8. The second-order valence-corrected chi connectivity index (χ2v) is 26.6. The van der Waals surface area contributed by atoms with E-state index >= 15 is 0 Å². The van der Waals surface area contributed by atoms with E-state index in [9.17, 15) is 81.8 Å². The highest BCUT2D eigenvalue weighted by molar-refractivity contribution is 5.99. The summed E-state index contributed by atoms with van der Waals surface area (Å²) in [6.07, 6.45) is 3.11. The van der Waals surface area contributed by atoms with Gasteiger partial charge in [0.15, 0.2) is 23.1 Å². The number of carboxylic acid groups (broad SMARTS) is 3. The molecule has 6 rings (SSSR count). The smallest absolute Gasteiger partial charge is 0.303 e. The summed E-state index contributed by atoms with van der Waals surface area (Å²) in [7, 11) is 0. The molecule has 576 valence electrons. The van der Waals surface area contributed by atoms with Crippen LogP contribution in [0.2, 0.25) is 0 Å². The summed E-state index contributed by atoms with van der Waals surface area (Å²) in [5.41, 5.74) is 4.30. The third-order valence-electron chi connectivity index (χ3n) is 17.4. The molecule has 0 spiro atoms. The van der Waals surface area contributed by atoms with Gasteiger partial charge in [-0.1, -0.05) is 128 Å². The standard InChI is InChI=1S/C27H36N2O7.C21H29N3O6.C17H17NO3.C16H20O4/c1-17(14-23(31)18(2)28-25(33)11-12-26(34)35)27(36)29-13-7-10-22(29)24(32)16-21(19(3)30)15-20-8-5-4-6-9-20;1-13(22-18(26)10-7-11-19(27)28)20(29)23-14(2)21(30)24-17(15(3)25)12-16-8-5-4-6-9-16;1-12(19)16(11-13-7-9-15(20)10-8-13)18-17(21)14-5-3-2-4-6-14;1-12(17)14(10-13-6-3-2-4-7-13)11-15(18)8-5-9-16(19)20/h4-6,8-9,17-18,21-22H,7,10-16H2,1-3H3,(H,28,33)(H,34,35);4-6,8-9,13-14,17H,7,10-12H2,1-3H3,(H,22,26)(H,23,29)(H,24,30)(H,27,28);2-10,16,20H,11H2,1H3,(H,18,21);2-4,6-7,14H,5,8-11H2,1H3,(H,19,20)/t;;16-;14-/m..01/s1. The van der Waals surface area contributed by atoms with Crippen molar-refractivity contribution in [3.8, 4) is 5.75 Å². The van der Waals surface area contributed by atoms with Crippen LogP contribution < -0.4 is 26.6 Å². The predicted octanol–water partition coefficient (Wildman–Crippen LogP) is 7.89. The normalized spacial score (nSPS) is 14.2. The number of amides is 6. The topological polar surface area (TPSA) is 417 Å². The molecule has 9 N–H and O–H groups in total. The van der Waals surface area contributed by atoms with Crippen molar-refractivity contribution in [1.82, 2.24) is 31.5 Å². The highest BCUT2D eigenvalue weighted by Crippen LogP contribution is 2.26. The number of phenols is 1. The Balaban J connectivity index is 0.000000381. The van der Waals surface area contributed by atoms with Crippen LogP contribution in [0.25, 0.3) is 0 Å². The number of benzene rings is 5. The van der Waals surface area contributed by atoms with Crippen molar-refractivity contribution < 1.29 is 97.1 Å². The van der Waals surface area contributed by atoms with Crippen LogP contribution in [-0.4, -0.2) is 162 Å². The van der Waals surface area contributed by atoms with Gasteiger partial charge in [0.25, 0.3) is 5.91 Å². The fraction of sp³-hybridized carbons (Fsp3) is 0.432. The molecule has 0 radical (unpaired) electrons. The summed E-state index contributed by atoms with van der Waals surface area (Å²) >= 11 is 0. The molecule has 5 aromatic rings. The number of Topliss-reactive ketones (excluding diaryl/α,β-unsaturated/α-hetero) is 7. The monoisotopic (exact) mass is 1480 g/mol. The molecule has 6 amide bonds. The van der Waals surface area contributed by atoms with Gasteiger partial charge in [-0.3, -0.25) is 76.7 Å². The third kappa shape index (κ3) is 36.4.